The van der Waals surface area contributed by atoms with Gasteiger partial charge in [-0.1, -0.05) is 6.07 Å². The number of nitrogens with zero attached hydrogens (tertiary/aromatic N) is 1. The van der Waals surface area contributed by atoms with E-state index in [9.17, 15) is 4.79 Å². The molecule has 0 atom stereocenters. The van der Waals surface area contributed by atoms with Crippen LogP contribution in [-0.2, 0) is 0 Å². The molecule has 1 aromatic carbocycles. The number of nitrogens with one attached hydrogen (secondary N) is 2. The Kier molecular flexibility index (Phi) is 2.42. The van der Waals surface area contributed by atoms with Gasteiger partial charge in [0.1, 0.15) is 6.61 Å². The van der Waals surface area contributed by atoms with Crippen LogP contribution in [-0.4, -0.2) is 19.1 Å². The van der Waals surface area contributed by atoms with Gasteiger partial charge in [-0.15, -0.1) is 0 Å². The lowest BCUT2D eigenvalue weighted by Crippen LogP contribution is -2.23. The number of hydrogen-bond donors (Lipinski definition) is 2. The molecule has 1 aromatic rings. The van der Waals surface area contributed by atoms with Crippen LogP contribution in [0.1, 0.15) is 10.4 Å². The van der Waals surface area contributed by atoms with Crippen molar-refractivity contribution >= 4 is 11.6 Å². The number of benzene rings is 1. The molecule has 0 bridgehead atoms. The smallest absolute Gasteiger partial charge is 0.268 e. The Morgan fingerprint density at radius 3 is 3.27 bits per heavy atom. The number of carbonyl (C=O) groups excluding carboxylic acids is 1. The maximum Gasteiger partial charge on any atom is 0.268 e. The molecule has 1 amide bonds. The molecule has 0 saturated heterocycles. The van der Waals surface area contributed by atoms with Crippen molar-refractivity contribution in [3.63, 3.8) is 0 Å². The summed E-state index contributed by atoms with van der Waals surface area (Å²) in [6, 6.07) is 5.20. The molecule has 0 aliphatic carbocycles. The molecule has 0 saturated carbocycles. The zero-order valence-electron chi connectivity index (χ0n) is 7.91. The summed E-state index contributed by atoms with van der Waals surface area (Å²) in [4.78, 5) is 11.5. The van der Waals surface area contributed by atoms with Gasteiger partial charge in [0, 0.05) is 6.54 Å². The first-order valence-corrected chi connectivity index (χ1v) is 4.52. The molecule has 1 heterocycles. The standard InChI is InChI=1S/C10H9N3O2/c11-6-13-10(14)7-2-1-3-8-9(7)15-5-4-12-8/h1-3,12H,4-5H2,(H,13,14). The van der Waals surface area contributed by atoms with Crippen molar-refractivity contribution in [1.82, 2.24) is 5.32 Å². The Morgan fingerprint density at radius 1 is 1.60 bits per heavy atom. The second-order valence-corrected chi connectivity index (χ2v) is 3.02. The highest BCUT2D eigenvalue weighted by molar-refractivity contribution is 5.99. The van der Waals surface area contributed by atoms with Crippen LogP contribution in [0.3, 0.4) is 0 Å². The zero-order valence-corrected chi connectivity index (χ0v) is 7.91. The van der Waals surface area contributed by atoms with E-state index in [0.717, 1.165) is 12.2 Å². The molecule has 0 fully saturated rings. The fourth-order valence-corrected chi connectivity index (χ4v) is 1.47. The van der Waals surface area contributed by atoms with E-state index in [0.29, 0.717) is 17.9 Å². The number of carbonyl (C=O) groups is 1. The van der Waals surface area contributed by atoms with Crippen LogP contribution in [0.4, 0.5) is 5.69 Å². The van der Waals surface area contributed by atoms with E-state index in [4.69, 9.17) is 10.00 Å². The third kappa shape index (κ3) is 1.70. The average molecular weight is 203 g/mol. The first-order valence-electron chi connectivity index (χ1n) is 4.52. The van der Waals surface area contributed by atoms with E-state index in [2.05, 4.69) is 10.6 Å². The summed E-state index contributed by atoms with van der Waals surface area (Å²) in [7, 11) is 0. The Hall–Kier alpha value is -2.22. The number of amides is 1. The van der Waals surface area contributed by atoms with Gasteiger partial charge in [0.25, 0.3) is 5.91 Å². The summed E-state index contributed by atoms with van der Waals surface area (Å²) >= 11 is 0. The number of para-hydroxylation sites is 1. The highest BCUT2D eigenvalue weighted by atomic mass is 16.5. The summed E-state index contributed by atoms with van der Waals surface area (Å²) in [5.74, 6) is 0.0644. The monoisotopic (exact) mass is 203 g/mol. The maximum atomic E-state index is 11.5. The molecule has 0 aromatic heterocycles. The number of rotatable bonds is 1. The summed E-state index contributed by atoms with van der Waals surface area (Å²) in [6.07, 6.45) is 1.60. The highest BCUT2D eigenvalue weighted by Crippen LogP contribution is 2.30. The van der Waals surface area contributed by atoms with Gasteiger partial charge < -0.3 is 10.1 Å². The largest absolute Gasteiger partial charge is 0.489 e. The second-order valence-electron chi connectivity index (χ2n) is 3.02. The lowest BCUT2D eigenvalue weighted by molar-refractivity contribution is 0.0969. The van der Waals surface area contributed by atoms with E-state index in [-0.39, 0.29) is 0 Å². The SMILES string of the molecule is N#CNC(=O)c1cccc2c1OCCN2. The van der Waals surface area contributed by atoms with Crippen LogP contribution in [0.15, 0.2) is 18.2 Å². The lowest BCUT2D eigenvalue weighted by Gasteiger charge is -2.20. The van der Waals surface area contributed by atoms with Crippen LogP contribution in [0.25, 0.3) is 0 Å². The third-order valence-electron chi connectivity index (χ3n) is 2.09. The van der Waals surface area contributed by atoms with Crippen molar-refractivity contribution < 1.29 is 9.53 Å². The lowest BCUT2D eigenvalue weighted by atomic mass is 10.1. The molecule has 1 aliphatic heterocycles. The van der Waals surface area contributed by atoms with Crippen LogP contribution >= 0.6 is 0 Å². The minimum atomic E-state index is -0.446. The van der Waals surface area contributed by atoms with Gasteiger partial charge in [-0.05, 0) is 12.1 Å². The van der Waals surface area contributed by atoms with Crippen molar-refractivity contribution in [2.24, 2.45) is 0 Å². The second kappa shape index (κ2) is 3.88. The molecular formula is C10H9N3O2. The predicted molar refractivity (Wildman–Crippen MR) is 53.5 cm³/mol. The van der Waals surface area contributed by atoms with Crippen molar-refractivity contribution in [3.8, 4) is 11.9 Å². The zero-order chi connectivity index (χ0) is 10.7. The van der Waals surface area contributed by atoms with E-state index < -0.39 is 5.91 Å². The van der Waals surface area contributed by atoms with Crippen LogP contribution in [0, 0.1) is 11.5 Å². The van der Waals surface area contributed by atoms with Gasteiger partial charge in [-0.25, -0.2) is 0 Å². The van der Waals surface area contributed by atoms with Crippen molar-refractivity contribution in [2.45, 2.75) is 0 Å². The van der Waals surface area contributed by atoms with Gasteiger partial charge >= 0.3 is 0 Å². The van der Waals surface area contributed by atoms with Crippen LogP contribution in [0.5, 0.6) is 5.75 Å². The van der Waals surface area contributed by atoms with Crippen molar-refractivity contribution in [2.75, 3.05) is 18.5 Å². The number of anilines is 1. The molecule has 2 N–H and O–H groups in total. The Labute approximate surface area is 86.7 Å². The van der Waals surface area contributed by atoms with Gasteiger partial charge in [0.05, 0.1) is 11.3 Å². The summed E-state index contributed by atoms with van der Waals surface area (Å²) in [5, 5.41) is 13.5. The Bertz CT molecular complexity index is 437. The molecule has 5 heteroatoms. The molecule has 0 unspecified atom stereocenters. The number of ether oxygens (including phenoxy) is 1. The minimum Gasteiger partial charge on any atom is -0.489 e. The summed E-state index contributed by atoms with van der Waals surface area (Å²) < 4.78 is 5.39. The highest BCUT2D eigenvalue weighted by Gasteiger charge is 2.18. The van der Waals surface area contributed by atoms with E-state index >= 15 is 0 Å². The predicted octanol–water partition coefficient (Wildman–Crippen LogP) is 0.702. The Balaban J connectivity index is 2.40. The van der Waals surface area contributed by atoms with Gasteiger partial charge in [0.2, 0.25) is 0 Å². The van der Waals surface area contributed by atoms with Crippen LogP contribution < -0.4 is 15.4 Å². The summed E-state index contributed by atoms with van der Waals surface area (Å²) in [6.45, 7) is 1.24. The van der Waals surface area contributed by atoms with E-state index in [1.165, 1.54) is 0 Å². The molecule has 0 spiro atoms. The van der Waals surface area contributed by atoms with Gasteiger partial charge in [-0.2, -0.15) is 5.26 Å². The first-order chi connectivity index (χ1) is 7.33. The van der Waals surface area contributed by atoms with Gasteiger partial charge in [-0.3, -0.25) is 10.1 Å². The fourth-order valence-electron chi connectivity index (χ4n) is 1.47. The molecule has 76 valence electrons. The average Bonchev–Trinajstić information content (AvgIpc) is 2.28. The number of nitriles is 1. The number of hydrogen-bond acceptors (Lipinski definition) is 4. The molecule has 2 rings (SSSR count). The topological polar surface area (TPSA) is 74.2 Å². The number of fused-ring (bicyclic) bond motifs is 1. The fraction of sp³-hybridized carbons (Fsp3) is 0.200. The first kappa shape index (κ1) is 9.34. The minimum absolute atomic E-state index is 0.376. The molecule has 0 radical (unpaired) electrons. The quantitative estimate of drug-likeness (QED) is 0.520. The van der Waals surface area contributed by atoms with Gasteiger partial charge in [0.15, 0.2) is 11.9 Å². The maximum absolute atomic E-state index is 11.5. The van der Waals surface area contributed by atoms with E-state index in [1.54, 1.807) is 18.3 Å². The Morgan fingerprint density at radius 2 is 2.47 bits per heavy atom. The molecular weight excluding hydrogens is 194 g/mol. The van der Waals surface area contributed by atoms with Crippen molar-refractivity contribution in [3.05, 3.63) is 23.8 Å². The molecule has 1 aliphatic rings. The van der Waals surface area contributed by atoms with Crippen molar-refractivity contribution in [1.29, 1.82) is 5.26 Å². The third-order valence-corrected chi connectivity index (χ3v) is 2.09. The van der Waals surface area contributed by atoms with Crippen LogP contribution in [0.2, 0.25) is 0 Å². The summed E-state index contributed by atoms with van der Waals surface area (Å²) in [5.41, 5.74) is 1.16. The molecule has 15 heavy (non-hydrogen) atoms. The van der Waals surface area contributed by atoms with E-state index in [1.807, 2.05) is 6.07 Å². The molecule has 5 nitrogen and oxygen atoms in total. The normalized spacial score (nSPS) is 12.7.